The third-order valence-electron chi connectivity index (χ3n) is 8.07. The third-order valence-corrected chi connectivity index (χ3v) is 8.07. The van der Waals surface area contributed by atoms with Gasteiger partial charge in [0.05, 0.1) is 12.6 Å². The summed E-state index contributed by atoms with van der Waals surface area (Å²) in [6, 6.07) is 5.94. The van der Waals surface area contributed by atoms with Gasteiger partial charge in [0.15, 0.2) is 0 Å². The summed E-state index contributed by atoms with van der Waals surface area (Å²) in [5.74, 6) is 2.40. The zero-order valence-corrected chi connectivity index (χ0v) is 18.9. The number of carbonyl (C=O) groups excluding carboxylic acids is 2. The Kier molecular flexibility index (Phi) is 5.93. The van der Waals surface area contributed by atoms with Crippen molar-refractivity contribution >= 4 is 17.5 Å². The van der Waals surface area contributed by atoms with E-state index < -0.39 is 0 Å². The molecule has 5 nitrogen and oxygen atoms in total. The van der Waals surface area contributed by atoms with E-state index in [0.717, 1.165) is 34.6 Å². The lowest BCUT2D eigenvalue weighted by molar-refractivity contribution is -0.126. The molecule has 0 spiro atoms. The van der Waals surface area contributed by atoms with Crippen LogP contribution in [0.4, 0.5) is 5.69 Å². The number of benzene rings is 1. The first kappa shape index (κ1) is 21.4. The van der Waals surface area contributed by atoms with E-state index in [1.54, 1.807) is 0 Å². The molecule has 5 rings (SSSR count). The van der Waals surface area contributed by atoms with E-state index in [-0.39, 0.29) is 24.4 Å². The van der Waals surface area contributed by atoms with Crippen molar-refractivity contribution in [3.8, 4) is 0 Å². The summed E-state index contributed by atoms with van der Waals surface area (Å²) in [4.78, 5) is 25.0. The number of rotatable bonds is 7. The van der Waals surface area contributed by atoms with E-state index in [2.05, 4.69) is 22.9 Å². The van der Waals surface area contributed by atoms with E-state index in [1.165, 1.54) is 38.5 Å². The minimum atomic E-state index is -0.305. The van der Waals surface area contributed by atoms with Crippen molar-refractivity contribution in [3.63, 3.8) is 0 Å². The quantitative estimate of drug-likeness (QED) is 0.636. The van der Waals surface area contributed by atoms with Gasteiger partial charge in [-0.15, -0.1) is 0 Å². The second-order valence-corrected chi connectivity index (χ2v) is 10.4. The lowest BCUT2D eigenvalue weighted by atomic mass is 9.48. The van der Waals surface area contributed by atoms with Gasteiger partial charge in [-0.2, -0.15) is 0 Å². The normalized spacial score (nSPS) is 31.3. The van der Waals surface area contributed by atoms with Crippen molar-refractivity contribution in [3.05, 3.63) is 29.3 Å². The second-order valence-electron chi connectivity index (χ2n) is 10.4. The van der Waals surface area contributed by atoms with Crippen LogP contribution in [0.3, 0.4) is 0 Å². The van der Waals surface area contributed by atoms with E-state index >= 15 is 0 Å². The zero-order valence-electron chi connectivity index (χ0n) is 18.9. The van der Waals surface area contributed by atoms with Crippen LogP contribution in [-0.4, -0.2) is 30.4 Å². The summed E-state index contributed by atoms with van der Waals surface area (Å²) in [5.41, 5.74) is 3.24. The number of aryl methyl sites for hydroxylation is 2. The molecule has 30 heavy (non-hydrogen) atoms. The largest absolute Gasteiger partial charge is 0.346 e. The number of hydrogen-bond acceptors (Lipinski definition) is 3. The van der Waals surface area contributed by atoms with E-state index in [4.69, 9.17) is 0 Å². The molecule has 164 valence electrons. The van der Waals surface area contributed by atoms with Gasteiger partial charge < -0.3 is 16.0 Å². The third kappa shape index (κ3) is 4.27. The maximum atomic E-state index is 12.6. The van der Waals surface area contributed by atoms with Crippen molar-refractivity contribution < 1.29 is 9.59 Å². The molecule has 5 heteroatoms. The number of amides is 2. The van der Waals surface area contributed by atoms with Gasteiger partial charge in [-0.3, -0.25) is 9.59 Å². The summed E-state index contributed by atoms with van der Waals surface area (Å²) in [6.45, 7) is 8.11. The molecular weight excluding hydrogens is 374 g/mol. The molecule has 4 bridgehead atoms. The smallest absolute Gasteiger partial charge is 0.243 e. The zero-order chi connectivity index (χ0) is 21.5. The average molecular weight is 412 g/mol. The maximum Gasteiger partial charge on any atom is 0.243 e. The molecule has 0 aromatic heterocycles. The molecule has 0 unspecified atom stereocenters. The molecule has 0 heterocycles. The van der Waals surface area contributed by atoms with Crippen LogP contribution in [0.1, 0.15) is 63.5 Å². The summed E-state index contributed by atoms with van der Waals surface area (Å²) >= 11 is 0. The molecule has 2 atom stereocenters. The average Bonchev–Trinajstić information content (AvgIpc) is 2.68. The first-order valence-electron chi connectivity index (χ1n) is 11.7. The highest BCUT2D eigenvalue weighted by molar-refractivity contribution is 5.96. The Morgan fingerprint density at radius 1 is 1.00 bits per heavy atom. The highest BCUT2D eigenvalue weighted by atomic mass is 16.2. The van der Waals surface area contributed by atoms with Gasteiger partial charge in [-0.25, -0.2) is 0 Å². The summed E-state index contributed by atoms with van der Waals surface area (Å²) in [5, 5.41) is 9.32. The summed E-state index contributed by atoms with van der Waals surface area (Å²) in [7, 11) is 0. The molecule has 4 aliphatic carbocycles. The fourth-order valence-corrected chi connectivity index (χ4v) is 6.85. The highest BCUT2D eigenvalue weighted by Crippen LogP contribution is 2.61. The summed E-state index contributed by atoms with van der Waals surface area (Å²) in [6.07, 6.45) is 8.24. The molecule has 0 radical (unpaired) electrons. The van der Waals surface area contributed by atoms with Crippen LogP contribution in [0, 0.1) is 37.0 Å². The van der Waals surface area contributed by atoms with E-state index in [0.29, 0.717) is 11.5 Å². The molecule has 3 N–H and O–H groups in total. The standard InChI is InChI=1S/C25H37N3O2/c1-15-6-5-7-16(2)23(15)28-22(29)14-26-24(30)17(3)27-18(4)25-11-19-8-20(12-25)10-21(9-19)13-25/h5-7,17-21,27H,8-14H2,1-4H3,(H,26,30)(H,28,29)/t17-,18+,19?,20?,21?,25?/m1/s1. The molecule has 0 saturated heterocycles. The van der Waals surface area contributed by atoms with Crippen molar-refractivity contribution in [2.24, 2.45) is 23.2 Å². The van der Waals surface area contributed by atoms with Crippen molar-refractivity contribution in [1.82, 2.24) is 10.6 Å². The predicted octanol–water partition coefficient (Wildman–Crippen LogP) is 3.94. The number of para-hydroxylation sites is 1. The Labute approximate surface area is 180 Å². The molecular formula is C25H37N3O2. The lowest BCUT2D eigenvalue weighted by Crippen LogP contribution is -2.58. The monoisotopic (exact) mass is 411 g/mol. The fraction of sp³-hybridized carbons (Fsp3) is 0.680. The Morgan fingerprint density at radius 3 is 2.07 bits per heavy atom. The van der Waals surface area contributed by atoms with Crippen LogP contribution in [0.25, 0.3) is 0 Å². The van der Waals surface area contributed by atoms with Crippen LogP contribution in [0.5, 0.6) is 0 Å². The second kappa shape index (κ2) is 8.33. The van der Waals surface area contributed by atoms with Gasteiger partial charge in [-0.05, 0) is 101 Å². The number of carbonyl (C=O) groups is 2. The van der Waals surface area contributed by atoms with Crippen molar-refractivity contribution in [1.29, 1.82) is 0 Å². The van der Waals surface area contributed by atoms with Gasteiger partial charge in [0.2, 0.25) is 11.8 Å². The minimum Gasteiger partial charge on any atom is -0.346 e. The predicted molar refractivity (Wildman–Crippen MR) is 120 cm³/mol. The fourth-order valence-electron chi connectivity index (χ4n) is 6.85. The van der Waals surface area contributed by atoms with E-state index in [1.807, 2.05) is 39.0 Å². The molecule has 2 amide bonds. The van der Waals surface area contributed by atoms with Crippen LogP contribution >= 0.6 is 0 Å². The summed E-state index contributed by atoms with van der Waals surface area (Å²) < 4.78 is 0. The first-order valence-corrected chi connectivity index (χ1v) is 11.7. The van der Waals surface area contributed by atoms with Gasteiger partial charge in [-0.1, -0.05) is 18.2 Å². The van der Waals surface area contributed by atoms with Gasteiger partial charge in [0, 0.05) is 11.7 Å². The minimum absolute atomic E-state index is 0.00955. The SMILES string of the molecule is Cc1cccc(C)c1NC(=O)CNC(=O)[C@@H](C)N[C@@H](C)C12CC3CC(CC(C3)C1)C2. The Hall–Kier alpha value is -1.88. The van der Waals surface area contributed by atoms with Crippen LogP contribution in [0.15, 0.2) is 18.2 Å². The van der Waals surface area contributed by atoms with Gasteiger partial charge in [0.25, 0.3) is 0 Å². The molecule has 0 aliphatic heterocycles. The highest BCUT2D eigenvalue weighted by Gasteiger charge is 2.53. The Morgan fingerprint density at radius 2 is 1.53 bits per heavy atom. The Bertz CT molecular complexity index is 763. The van der Waals surface area contributed by atoms with Crippen molar-refractivity contribution in [2.45, 2.75) is 78.3 Å². The number of hydrogen-bond donors (Lipinski definition) is 3. The molecule has 4 saturated carbocycles. The molecule has 4 fully saturated rings. The van der Waals surface area contributed by atoms with Gasteiger partial charge >= 0.3 is 0 Å². The van der Waals surface area contributed by atoms with Crippen molar-refractivity contribution in [2.75, 3.05) is 11.9 Å². The van der Waals surface area contributed by atoms with Gasteiger partial charge in [0.1, 0.15) is 0 Å². The molecule has 1 aromatic rings. The molecule has 4 aliphatic rings. The topological polar surface area (TPSA) is 70.2 Å². The molecule has 1 aromatic carbocycles. The Balaban J connectivity index is 1.27. The van der Waals surface area contributed by atoms with Crippen LogP contribution < -0.4 is 16.0 Å². The van der Waals surface area contributed by atoms with Crippen LogP contribution in [-0.2, 0) is 9.59 Å². The van der Waals surface area contributed by atoms with Crippen LogP contribution in [0.2, 0.25) is 0 Å². The lowest BCUT2D eigenvalue weighted by Gasteiger charge is -2.59. The first-order chi connectivity index (χ1) is 14.3. The van der Waals surface area contributed by atoms with E-state index in [9.17, 15) is 9.59 Å². The number of anilines is 1. The number of nitrogens with one attached hydrogen (secondary N) is 3. The maximum absolute atomic E-state index is 12.6.